The second-order valence-corrected chi connectivity index (χ2v) is 6.49. The van der Waals surface area contributed by atoms with Crippen LogP contribution >= 0.6 is 23.1 Å². The monoisotopic (exact) mass is 320 g/mol. The number of rotatable bonds is 4. The average molecular weight is 320 g/mol. The molecule has 108 valence electrons. The first-order valence-electron chi connectivity index (χ1n) is 6.13. The number of methoxy groups -OCH3 is 1. The van der Waals surface area contributed by atoms with E-state index in [9.17, 15) is 4.79 Å². The molecule has 0 aromatic carbocycles. The summed E-state index contributed by atoms with van der Waals surface area (Å²) in [6, 6.07) is 1.88. The van der Waals surface area contributed by atoms with Crippen LogP contribution in [0.2, 0.25) is 0 Å². The fraction of sp³-hybridized carbons (Fsp3) is 0.231. The number of fused-ring (bicyclic) bond motifs is 1. The van der Waals surface area contributed by atoms with Crippen LogP contribution in [0.1, 0.15) is 20.1 Å². The van der Waals surface area contributed by atoms with Crippen molar-refractivity contribution >= 4 is 40.2 Å². The van der Waals surface area contributed by atoms with Crippen molar-refractivity contribution in [3.05, 3.63) is 33.9 Å². The van der Waals surface area contributed by atoms with Crippen LogP contribution in [0.4, 0.5) is 0 Å². The minimum Gasteiger partial charge on any atom is -0.465 e. The van der Waals surface area contributed by atoms with Gasteiger partial charge in [0.25, 0.3) is 0 Å². The minimum absolute atomic E-state index is 0.293. The van der Waals surface area contributed by atoms with Crippen LogP contribution in [0.3, 0.4) is 0 Å². The number of hydrogen-bond donors (Lipinski definition) is 1. The molecule has 6 nitrogen and oxygen atoms in total. The predicted octanol–water partition coefficient (Wildman–Crippen LogP) is 2.80. The number of hydrogen-bond acceptors (Lipinski definition) is 7. The number of imidazole rings is 1. The summed E-state index contributed by atoms with van der Waals surface area (Å²) in [7, 11) is 1.39. The van der Waals surface area contributed by atoms with Gasteiger partial charge in [-0.05, 0) is 18.6 Å². The molecule has 0 atom stereocenters. The number of carbonyl (C=O) groups excluding carboxylic acids is 1. The Morgan fingerprint density at radius 2 is 2.38 bits per heavy atom. The molecule has 0 fully saturated rings. The van der Waals surface area contributed by atoms with Gasteiger partial charge in [-0.25, -0.2) is 19.7 Å². The number of aromatic nitrogens is 4. The van der Waals surface area contributed by atoms with Gasteiger partial charge in [-0.3, -0.25) is 0 Å². The Balaban J connectivity index is 1.75. The molecule has 21 heavy (non-hydrogen) atoms. The number of thiophene rings is 1. The normalized spacial score (nSPS) is 11.0. The highest BCUT2D eigenvalue weighted by Gasteiger charge is 2.13. The van der Waals surface area contributed by atoms with Crippen LogP contribution in [0.5, 0.6) is 0 Å². The number of aryl methyl sites for hydroxylation is 1. The molecule has 0 bridgehead atoms. The Morgan fingerprint density at radius 3 is 3.14 bits per heavy atom. The summed E-state index contributed by atoms with van der Waals surface area (Å²) in [6.07, 6.45) is 3.17. The molecular weight excluding hydrogens is 308 g/mol. The van der Waals surface area contributed by atoms with Gasteiger partial charge in [0.2, 0.25) is 0 Å². The van der Waals surface area contributed by atoms with Gasteiger partial charge < -0.3 is 9.72 Å². The van der Waals surface area contributed by atoms with Gasteiger partial charge in [-0.15, -0.1) is 11.3 Å². The molecule has 3 aromatic rings. The highest BCUT2D eigenvalue weighted by atomic mass is 32.2. The first kappa shape index (κ1) is 14.0. The Morgan fingerprint density at radius 1 is 1.52 bits per heavy atom. The molecule has 0 aliphatic carbocycles. The Bertz CT molecular complexity index is 763. The second kappa shape index (κ2) is 5.82. The fourth-order valence-electron chi connectivity index (χ4n) is 1.82. The predicted molar refractivity (Wildman–Crippen MR) is 81.6 cm³/mol. The van der Waals surface area contributed by atoms with Crippen LogP contribution in [0, 0.1) is 6.92 Å². The lowest BCUT2D eigenvalue weighted by Gasteiger charge is -1.96. The van der Waals surface area contributed by atoms with Crippen molar-refractivity contribution in [2.24, 2.45) is 0 Å². The highest BCUT2D eigenvalue weighted by molar-refractivity contribution is 7.98. The van der Waals surface area contributed by atoms with Crippen LogP contribution in [-0.2, 0) is 10.5 Å². The number of nitrogens with one attached hydrogen (secondary N) is 1. The van der Waals surface area contributed by atoms with Gasteiger partial charge in [0.15, 0.2) is 10.8 Å². The molecule has 8 heteroatoms. The molecule has 0 aliphatic heterocycles. The van der Waals surface area contributed by atoms with Gasteiger partial charge >= 0.3 is 5.97 Å². The number of carbonyl (C=O) groups is 1. The summed E-state index contributed by atoms with van der Waals surface area (Å²) in [5, 5.41) is 0.788. The van der Waals surface area contributed by atoms with E-state index in [2.05, 4.69) is 19.9 Å². The average Bonchev–Trinajstić information content (AvgIpc) is 3.07. The van der Waals surface area contributed by atoms with Gasteiger partial charge in [0, 0.05) is 10.6 Å². The number of ether oxygens (including phenoxy) is 1. The molecule has 0 spiro atoms. The van der Waals surface area contributed by atoms with E-state index in [0.717, 1.165) is 26.9 Å². The summed E-state index contributed by atoms with van der Waals surface area (Å²) in [4.78, 5) is 28.8. The maximum Gasteiger partial charge on any atom is 0.348 e. The highest BCUT2D eigenvalue weighted by Crippen LogP contribution is 2.28. The number of aromatic amines is 1. The lowest BCUT2D eigenvalue weighted by molar-refractivity contribution is 0.0606. The Labute approximate surface area is 129 Å². The number of H-pyrrole nitrogens is 1. The van der Waals surface area contributed by atoms with Crippen molar-refractivity contribution in [2.45, 2.75) is 17.8 Å². The van der Waals surface area contributed by atoms with Crippen molar-refractivity contribution < 1.29 is 9.53 Å². The van der Waals surface area contributed by atoms with Crippen molar-refractivity contribution in [1.29, 1.82) is 0 Å². The topological polar surface area (TPSA) is 80.8 Å². The minimum atomic E-state index is -0.293. The standard InChI is InChI=1S/C13H12N4O2S2/c1-7-8(3-10(21-7)12(18)19-2)5-20-13-16-9-4-14-6-15-11(9)17-13/h3-4,6H,5H2,1-2H3,(H,14,15,16,17). The Kier molecular flexibility index (Phi) is 3.89. The number of nitrogens with zero attached hydrogens (tertiary/aromatic N) is 3. The van der Waals surface area contributed by atoms with E-state index in [1.54, 1.807) is 18.0 Å². The summed E-state index contributed by atoms with van der Waals surface area (Å²) in [5.74, 6) is 0.436. The van der Waals surface area contributed by atoms with Crippen LogP contribution in [0.25, 0.3) is 11.2 Å². The maximum atomic E-state index is 11.5. The van der Waals surface area contributed by atoms with Crippen molar-refractivity contribution in [2.75, 3.05) is 7.11 Å². The van der Waals surface area contributed by atoms with Crippen molar-refractivity contribution in [1.82, 2.24) is 19.9 Å². The van der Waals surface area contributed by atoms with Gasteiger partial charge in [-0.1, -0.05) is 11.8 Å². The van der Waals surface area contributed by atoms with E-state index in [1.165, 1.54) is 24.8 Å². The fourth-order valence-corrected chi connectivity index (χ4v) is 3.80. The van der Waals surface area contributed by atoms with Crippen LogP contribution in [0.15, 0.2) is 23.7 Å². The first-order valence-corrected chi connectivity index (χ1v) is 7.93. The molecule has 0 amide bonds. The molecule has 1 N–H and O–H groups in total. The lowest BCUT2D eigenvalue weighted by atomic mass is 10.3. The molecule has 0 aliphatic rings. The van der Waals surface area contributed by atoms with E-state index in [0.29, 0.717) is 10.5 Å². The maximum absolute atomic E-state index is 11.5. The molecule has 3 aromatic heterocycles. The summed E-state index contributed by atoms with van der Waals surface area (Å²) >= 11 is 3.01. The third-order valence-electron chi connectivity index (χ3n) is 2.91. The molecule has 0 unspecified atom stereocenters. The lowest BCUT2D eigenvalue weighted by Crippen LogP contribution is -1.97. The van der Waals surface area contributed by atoms with Crippen LogP contribution < -0.4 is 0 Å². The van der Waals surface area contributed by atoms with Crippen molar-refractivity contribution in [3.63, 3.8) is 0 Å². The van der Waals surface area contributed by atoms with Crippen molar-refractivity contribution in [3.8, 4) is 0 Å². The van der Waals surface area contributed by atoms with Gasteiger partial charge in [0.05, 0.1) is 13.3 Å². The van der Waals surface area contributed by atoms with Gasteiger partial charge in [0.1, 0.15) is 16.7 Å². The molecule has 0 radical (unpaired) electrons. The first-order chi connectivity index (χ1) is 10.2. The summed E-state index contributed by atoms with van der Waals surface area (Å²) in [5.41, 5.74) is 2.58. The zero-order chi connectivity index (χ0) is 14.8. The largest absolute Gasteiger partial charge is 0.465 e. The van der Waals surface area contributed by atoms with E-state index in [1.807, 2.05) is 13.0 Å². The van der Waals surface area contributed by atoms with Gasteiger partial charge in [-0.2, -0.15) is 0 Å². The summed E-state index contributed by atoms with van der Waals surface area (Å²) in [6.45, 7) is 2.00. The Hall–Kier alpha value is -1.93. The molecule has 3 rings (SSSR count). The second-order valence-electron chi connectivity index (χ2n) is 4.27. The molecule has 0 saturated heterocycles. The quantitative estimate of drug-likeness (QED) is 0.588. The number of esters is 1. The molecule has 0 saturated carbocycles. The van der Waals surface area contributed by atoms with E-state index in [-0.39, 0.29) is 5.97 Å². The number of thioether (sulfide) groups is 1. The third-order valence-corrected chi connectivity index (χ3v) is 4.91. The smallest absolute Gasteiger partial charge is 0.348 e. The zero-order valence-electron chi connectivity index (χ0n) is 11.4. The molecule has 3 heterocycles. The van der Waals surface area contributed by atoms with E-state index < -0.39 is 0 Å². The summed E-state index contributed by atoms with van der Waals surface area (Å²) < 4.78 is 4.74. The van der Waals surface area contributed by atoms with E-state index in [4.69, 9.17) is 4.74 Å². The SMILES string of the molecule is COC(=O)c1cc(CSc2nc3ncncc3[nH]2)c(C)s1. The van der Waals surface area contributed by atoms with Crippen LogP contribution in [-0.4, -0.2) is 33.0 Å². The molecular formula is C13H12N4O2S2. The zero-order valence-corrected chi connectivity index (χ0v) is 13.0. The third kappa shape index (κ3) is 2.91. The van der Waals surface area contributed by atoms with E-state index >= 15 is 0 Å².